The molecule has 0 unspecified atom stereocenters. The lowest BCUT2D eigenvalue weighted by atomic mass is 10.0. The summed E-state index contributed by atoms with van der Waals surface area (Å²) in [5.41, 5.74) is 8.78. The number of benzene rings is 7. The van der Waals surface area contributed by atoms with Gasteiger partial charge in [-0.2, -0.15) is 0 Å². The van der Waals surface area contributed by atoms with E-state index in [2.05, 4.69) is 155 Å². The lowest BCUT2D eigenvalue weighted by Gasteiger charge is -2.20. The maximum atomic E-state index is 5.43. The van der Waals surface area contributed by atoms with Crippen molar-refractivity contribution in [3.05, 3.63) is 146 Å². The lowest BCUT2D eigenvalue weighted by Crippen LogP contribution is -2.05. The molecule has 3 aromatic heterocycles. The van der Waals surface area contributed by atoms with Crippen molar-refractivity contribution in [2.24, 2.45) is 0 Å². The van der Waals surface area contributed by atoms with Crippen molar-refractivity contribution in [3.8, 4) is 22.9 Å². The molecule has 0 aliphatic carbocycles. The van der Waals surface area contributed by atoms with Crippen LogP contribution in [0.15, 0.2) is 155 Å². The number of aromatic nitrogens is 4. The standard InChI is InChI=1S/C42H24N4S/c1-2-12-26(13-3-1)45-33-18-8-6-15-28(33)30-23-31-36(24-35(30)45)46(34-22-21-25-11-4-5-14-27(25)39(31)34)42-43-32-17-10-20-38-40(32)41(44-42)29-16-7-9-19-37(29)47-38/h1-24H. The minimum atomic E-state index is 0.684. The van der Waals surface area contributed by atoms with Crippen molar-refractivity contribution in [2.45, 2.75) is 9.79 Å². The maximum Gasteiger partial charge on any atom is 0.235 e. The van der Waals surface area contributed by atoms with E-state index in [1.165, 1.54) is 47.6 Å². The Balaban J connectivity index is 1.34. The van der Waals surface area contributed by atoms with Crippen LogP contribution in [0.3, 0.4) is 0 Å². The first-order valence-corrected chi connectivity index (χ1v) is 16.7. The van der Waals surface area contributed by atoms with Crippen LogP contribution in [0.2, 0.25) is 0 Å². The van der Waals surface area contributed by atoms with Crippen LogP contribution in [0.5, 0.6) is 0 Å². The summed E-state index contributed by atoms with van der Waals surface area (Å²) in [6.45, 7) is 0. The van der Waals surface area contributed by atoms with Crippen molar-refractivity contribution in [2.75, 3.05) is 0 Å². The van der Waals surface area contributed by atoms with Crippen LogP contribution in [0.4, 0.5) is 0 Å². The van der Waals surface area contributed by atoms with Gasteiger partial charge in [0.25, 0.3) is 0 Å². The highest BCUT2D eigenvalue weighted by Gasteiger charge is 2.25. The van der Waals surface area contributed by atoms with Crippen LogP contribution < -0.4 is 0 Å². The van der Waals surface area contributed by atoms with E-state index in [0.717, 1.165) is 44.4 Å². The number of para-hydroxylation sites is 2. The Labute approximate surface area is 273 Å². The molecular formula is C42H24N4S. The molecule has 0 bridgehead atoms. The van der Waals surface area contributed by atoms with Crippen molar-refractivity contribution in [3.63, 3.8) is 0 Å². The van der Waals surface area contributed by atoms with Crippen molar-refractivity contribution in [1.82, 2.24) is 19.1 Å². The van der Waals surface area contributed by atoms with E-state index >= 15 is 0 Å². The summed E-state index contributed by atoms with van der Waals surface area (Å²) in [5, 5.41) is 8.46. The average molecular weight is 617 g/mol. The molecule has 1 aliphatic rings. The molecule has 5 heteroatoms. The third-order valence-electron chi connectivity index (χ3n) is 9.70. The van der Waals surface area contributed by atoms with Gasteiger partial charge in [-0.1, -0.05) is 103 Å². The normalized spacial score (nSPS) is 12.6. The summed E-state index contributed by atoms with van der Waals surface area (Å²) in [5.74, 6) is 0.684. The molecule has 0 fully saturated rings. The molecule has 4 heterocycles. The Morgan fingerprint density at radius 2 is 1.21 bits per heavy atom. The molecule has 0 spiro atoms. The van der Waals surface area contributed by atoms with Crippen LogP contribution >= 0.6 is 11.8 Å². The minimum absolute atomic E-state index is 0.684. The van der Waals surface area contributed by atoms with Gasteiger partial charge in [0.15, 0.2) is 0 Å². The van der Waals surface area contributed by atoms with E-state index in [4.69, 9.17) is 9.97 Å². The number of hydrogen-bond acceptors (Lipinski definition) is 3. The van der Waals surface area contributed by atoms with Crippen LogP contribution in [0.25, 0.3) is 88.2 Å². The first-order valence-electron chi connectivity index (χ1n) is 15.8. The fraction of sp³-hybridized carbons (Fsp3) is 0. The van der Waals surface area contributed by atoms with Gasteiger partial charge in [-0.25, -0.2) is 9.97 Å². The Morgan fingerprint density at radius 1 is 0.447 bits per heavy atom. The topological polar surface area (TPSA) is 35.6 Å². The summed E-state index contributed by atoms with van der Waals surface area (Å²) in [6, 6.07) is 52.3. The SMILES string of the molecule is c1ccc(-n2c3ccccc3c3cc4c5c6ccccc6ccc5n(-c5nc6c7c(cccc7n5)Sc5ccccc5-6)c4cc32)cc1. The van der Waals surface area contributed by atoms with E-state index < -0.39 is 0 Å². The molecule has 47 heavy (non-hydrogen) atoms. The van der Waals surface area contributed by atoms with Gasteiger partial charge in [0.2, 0.25) is 5.95 Å². The third-order valence-corrected chi connectivity index (χ3v) is 10.8. The zero-order valence-corrected chi connectivity index (χ0v) is 25.9. The van der Waals surface area contributed by atoms with Crippen molar-refractivity contribution < 1.29 is 0 Å². The zero-order chi connectivity index (χ0) is 30.6. The van der Waals surface area contributed by atoms with Gasteiger partial charge in [-0.3, -0.25) is 4.57 Å². The highest BCUT2D eigenvalue weighted by atomic mass is 32.2. The summed E-state index contributed by atoms with van der Waals surface area (Å²) in [6.07, 6.45) is 0. The molecular weight excluding hydrogens is 593 g/mol. The lowest BCUT2D eigenvalue weighted by molar-refractivity contribution is 1.01. The van der Waals surface area contributed by atoms with Crippen LogP contribution in [-0.2, 0) is 0 Å². The molecule has 4 nitrogen and oxygen atoms in total. The molecule has 218 valence electrons. The van der Waals surface area contributed by atoms with Gasteiger partial charge >= 0.3 is 0 Å². The largest absolute Gasteiger partial charge is 0.309 e. The first-order chi connectivity index (χ1) is 23.3. The van der Waals surface area contributed by atoms with E-state index in [-0.39, 0.29) is 0 Å². The Hall–Kier alpha value is -5.91. The van der Waals surface area contributed by atoms with Gasteiger partial charge < -0.3 is 4.57 Å². The smallest absolute Gasteiger partial charge is 0.235 e. The predicted molar refractivity (Wildman–Crippen MR) is 195 cm³/mol. The molecule has 0 radical (unpaired) electrons. The fourth-order valence-electron chi connectivity index (χ4n) is 7.71. The summed E-state index contributed by atoms with van der Waals surface area (Å²) in [7, 11) is 0. The van der Waals surface area contributed by atoms with E-state index in [9.17, 15) is 0 Å². The molecule has 1 aliphatic heterocycles. The van der Waals surface area contributed by atoms with Crippen LogP contribution in [0, 0.1) is 0 Å². The zero-order valence-electron chi connectivity index (χ0n) is 25.1. The van der Waals surface area contributed by atoms with Gasteiger partial charge in [-0.15, -0.1) is 0 Å². The second kappa shape index (κ2) is 9.32. The quantitative estimate of drug-likeness (QED) is 0.194. The summed E-state index contributed by atoms with van der Waals surface area (Å²) >= 11 is 1.80. The molecule has 0 amide bonds. The predicted octanol–water partition coefficient (Wildman–Crippen LogP) is 11.1. The second-order valence-corrected chi connectivity index (χ2v) is 13.3. The number of hydrogen-bond donors (Lipinski definition) is 0. The van der Waals surface area contributed by atoms with E-state index in [1.807, 2.05) is 0 Å². The highest BCUT2D eigenvalue weighted by molar-refractivity contribution is 7.99. The molecule has 11 rings (SSSR count). The Morgan fingerprint density at radius 3 is 2.15 bits per heavy atom. The molecule has 0 saturated carbocycles. The highest BCUT2D eigenvalue weighted by Crippen LogP contribution is 2.47. The van der Waals surface area contributed by atoms with Gasteiger partial charge in [-0.05, 0) is 65.4 Å². The van der Waals surface area contributed by atoms with Gasteiger partial charge in [0.1, 0.15) is 0 Å². The second-order valence-electron chi connectivity index (χ2n) is 12.2. The van der Waals surface area contributed by atoms with E-state index in [0.29, 0.717) is 5.95 Å². The van der Waals surface area contributed by atoms with Crippen molar-refractivity contribution >= 4 is 77.0 Å². The average Bonchev–Trinajstić information content (AvgIpc) is 3.63. The van der Waals surface area contributed by atoms with Crippen molar-refractivity contribution in [1.29, 1.82) is 0 Å². The monoisotopic (exact) mass is 616 g/mol. The van der Waals surface area contributed by atoms with Gasteiger partial charge in [0, 0.05) is 48.0 Å². The molecule has 0 atom stereocenters. The Bertz CT molecular complexity index is 2940. The number of rotatable bonds is 2. The molecule has 0 N–H and O–H groups in total. The molecule has 0 saturated heterocycles. The minimum Gasteiger partial charge on any atom is -0.309 e. The Kier molecular flexibility index (Phi) is 5.02. The number of fused-ring (bicyclic) bond motifs is 10. The van der Waals surface area contributed by atoms with E-state index in [1.54, 1.807) is 11.8 Å². The first kappa shape index (κ1) is 25.3. The summed E-state index contributed by atoms with van der Waals surface area (Å²) in [4.78, 5) is 13.2. The van der Waals surface area contributed by atoms with Crippen LogP contribution in [0.1, 0.15) is 0 Å². The fourth-order valence-corrected chi connectivity index (χ4v) is 8.82. The van der Waals surface area contributed by atoms with Crippen LogP contribution in [-0.4, -0.2) is 19.1 Å². The molecule has 10 aromatic rings. The molecule has 7 aromatic carbocycles. The number of nitrogens with zero attached hydrogens (tertiary/aromatic N) is 4. The third kappa shape index (κ3) is 3.44. The van der Waals surface area contributed by atoms with Gasteiger partial charge in [0.05, 0.1) is 33.3 Å². The summed E-state index contributed by atoms with van der Waals surface area (Å²) < 4.78 is 4.67. The maximum absolute atomic E-state index is 5.43.